The third kappa shape index (κ3) is 4.73. The molecule has 25 heavy (non-hydrogen) atoms. The van der Waals surface area contributed by atoms with E-state index >= 15 is 0 Å². The van der Waals surface area contributed by atoms with Gasteiger partial charge in [0, 0.05) is 19.7 Å². The molecule has 0 saturated carbocycles. The summed E-state index contributed by atoms with van der Waals surface area (Å²) in [5.74, 6) is 0.271. The zero-order valence-corrected chi connectivity index (χ0v) is 15.5. The molecule has 0 unspecified atom stereocenters. The van der Waals surface area contributed by atoms with Crippen LogP contribution in [-0.2, 0) is 10.0 Å². The lowest BCUT2D eigenvalue weighted by molar-refractivity contribution is 0.0827. The minimum absolute atomic E-state index is 0.0714. The molecule has 0 bridgehead atoms. The van der Waals surface area contributed by atoms with Crippen LogP contribution in [0, 0.1) is 0 Å². The highest BCUT2D eigenvalue weighted by Gasteiger charge is 2.18. The van der Waals surface area contributed by atoms with Gasteiger partial charge >= 0.3 is 0 Å². The molecule has 0 aliphatic carbocycles. The predicted octanol–water partition coefficient (Wildman–Crippen LogP) is 2.98. The number of anilines is 1. The molecule has 1 N–H and O–H groups in total. The van der Waals surface area contributed by atoms with E-state index in [2.05, 4.69) is 4.72 Å². The normalized spacial score (nSPS) is 11.2. The van der Waals surface area contributed by atoms with E-state index in [0.717, 1.165) is 0 Å². The molecular formula is C18H22N2O4S. The monoisotopic (exact) mass is 362 g/mol. The van der Waals surface area contributed by atoms with Crippen LogP contribution in [0.15, 0.2) is 53.4 Å². The summed E-state index contributed by atoms with van der Waals surface area (Å²) < 4.78 is 33.3. The Hall–Kier alpha value is -2.54. The van der Waals surface area contributed by atoms with Crippen molar-refractivity contribution in [2.45, 2.75) is 24.8 Å². The molecule has 0 fully saturated rings. The Kier molecular flexibility index (Phi) is 5.69. The van der Waals surface area contributed by atoms with Gasteiger partial charge in [0.1, 0.15) is 5.75 Å². The molecule has 0 spiro atoms. The number of sulfonamides is 1. The van der Waals surface area contributed by atoms with Crippen molar-refractivity contribution >= 4 is 21.6 Å². The van der Waals surface area contributed by atoms with E-state index in [0.29, 0.717) is 17.0 Å². The molecule has 1 amide bonds. The van der Waals surface area contributed by atoms with Crippen molar-refractivity contribution in [1.29, 1.82) is 0 Å². The number of carbonyl (C=O) groups is 1. The lowest BCUT2D eigenvalue weighted by Gasteiger charge is -2.16. The van der Waals surface area contributed by atoms with Crippen LogP contribution in [0.5, 0.6) is 5.75 Å². The van der Waals surface area contributed by atoms with E-state index in [-0.39, 0.29) is 16.9 Å². The summed E-state index contributed by atoms with van der Waals surface area (Å²) >= 11 is 0. The highest BCUT2D eigenvalue weighted by Crippen LogP contribution is 2.27. The Morgan fingerprint density at radius 3 is 2.20 bits per heavy atom. The van der Waals surface area contributed by atoms with Crippen molar-refractivity contribution in [3.63, 3.8) is 0 Å². The van der Waals surface area contributed by atoms with Crippen LogP contribution in [0.1, 0.15) is 24.2 Å². The van der Waals surface area contributed by atoms with Gasteiger partial charge in [-0.15, -0.1) is 0 Å². The molecule has 134 valence electrons. The number of para-hydroxylation sites is 2. The average molecular weight is 362 g/mol. The number of carbonyl (C=O) groups excluding carboxylic acids is 1. The van der Waals surface area contributed by atoms with Gasteiger partial charge in [0.25, 0.3) is 15.9 Å². The van der Waals surface area contributed by atoms with Gasteiger partial charge in [-0.1, -0.05) is 12.1 Å². The van der Waals surface area contributed by atoms with Crippen LogP contribution in [0.25, 0.3) is 0 Å². The standard InChI is InChI=1S/C18H22N2O4S/c1-13(2)24-17-8-6-5-7-16(17)19-25(22,23)15-11-9-14(10-12-15)18(21)20(3)4/h5-13,19H,1-4H3. The second-order valence-corrected chi connectivity index (χ2v) is 7.67. The van der Waals surface area contributed by atoms with Gasteiger partial charge in [0.2, 0.25) is 0 Å². The molecule has 0 aliphatic rings. The minimum Gasteiger partial charge on any atom is -0.489 e. The van der Waals surface area contributed by atoms with E-state index < -0.39 is 10.0 Å². The number of hydrogen-bond acceptors (Lipinski definition) is 4. The number of benzene rings is 2. The lowest BCUT2D eigenvalue weighted by atomic mass is 10.2. The van der Waals surface area contributed by atoms with Crippen molar-refractivity contribution in [2.24, 2.45) is 0 Å². The Morgan fingerprint density at radius 1 is 1.04 bits per heavy atom. The first-order chi connectivity index (χ1) is 11.7. The summed E-state index contributed by atoms with van der Waals surface area (Å²) in [5, 5.41) is 0. The molecule has 0 radical (unpaired) electrons. The molecule has 0 aliphatic heterocycles. The lowest BCUT2D eigenvalue weighted by Crippen LogP contribution is -2.21. The van der Waals surface area contributed by atoms with Gasteiger partial charge in [-0.05, 0) is 50.2 Å². The third-order valence-corrected chi connectivity index (χ3v) is 4.69. The van der Waals surface area contributed by atoms with Crippen LogP contribution < -0.4 is 9.46 Å². The van der Waals surface area contributed by atoms with Crippen LogP contribution in [-0.4, -0.2) is 39.4 Å². The molecule has 0 heterocycles. The van der Waals surface area contributed by atoms with E-state index in [9.17, 15) is 13.2 Å². The summed E-state index contributed by atoms with van der Waals surface area (Å²) in [6, 6.07) is 12.6. The van der Waals surface area contributed by atoms with Gasteiger partial charge in [-0.25, -0.2) is 8.42 Å². The predicted molar refractivity (Wildman–Crippen MR) is 97.5 cm³/mol. The Balaban J connectivity index is 2.27. The van der Waals surface area contributed by atoms with E-state index in [1.165, 1.54) is 29.2 Å². The largest absolute Gasteiger partial charge is 0.489 e. The fourth-order valence-electron chi connectivity index (χ4n) is 2.15. The second kappa shape index (κ2) is 7.57. The maximum Gasteiger partial charge on any atom is 0.262 e. The van der Waals surface area contributed by atoms with Crippen LogP contribution in [0.3, 0.4) is 0 Å². The van der Waals surface area contributed by atoms with Crippen LogP contribution in [0.4, 0.5) is 5.69 Å². The van der Waals surface area contributed by atoms with Gasteiger partial charge < -0.3 is 9.64 Å². The van der Waals surface area contributed by atoms with Gasteiger partial charge in [0.05, 0.1) is 16.7 Å². The van der Waals surface area contributed by atoms with E-state index in [1.807, 2.05) is 13.8 Å². The Bertz CT molecular complexity index is 844. The summed E-state index contributed by atoms with van der Waals surface area (Å²) in [7, 11) is -0.511. The summed E-state index contributed by atoms with van der Waals surface area (Å²) in [5.41, 5.74) is 0.789. The number of hydrogen-bond donors (Lipinski definition) is 1. The minimum atomic E-state index is -3.79. The molecule has 6 nitrogen and oxygen atoms in total. The maximum absolute atomic E-state index is 12.6. The van der Waals surface area contributed by atoms with Crippen molar-refractivity contribution in [1.82, 2.24) is 4.90 Å². The van der Waals surface area contributed by atoms with Crippen molar-refractivity contribution < 1.29 is 17.9 Å². The molecule has 2 aromatic carbocycles. The molecular weight excluding hydrogens is 340 g/mol. The average Bonchev–Trinajstić information content (AvgIpc) is 2.55. The highest BCUT2D eigenvalue weighted by molar-refractivity contribution is 7.92. The van der Waals surface area contributed by atoms with Crippen molar-refractivity contribution in [3.8, 4) is 5.75 Å². The number of nitrogens with zero attached hydrogens (tertiary/aromatic N) is 1. The number of ether oxygens (including phenoxy) is 1. The summed E-state index contributed by atoms with van der Waals surface area (Å²) in [4.78, 5) is 13.4. The molecule has 0 aromatic heterocycles. The zero-order valence-electron chi connectivity index (χ0n) is 14.7. The van der Waals surface area contributed by atoms with Crippen LogP contribution in [0.2, 0.25) is 0 Å². The fraction of sp³-hybridized carbons (Fsp3) is 0.278. The second-order valence-electron chi connectivity index (χ2n) is 5.99. The first-order valence-corrected chi connectivity index (χ1v) is 9.29. The zero-order chi connectivity index (χ0) is 18.6. The quantitative estimate of drug-likeness (QED) is 0.857. The third-order valence-electron chi connectivity index (χ3n) is 3.31. The number of nitrogens with one attached hydrogen (secondary N) is 1. The first-order valence-electron chi connectivity index (χ1n) is 7.81. The number of rotatable bonds is 6. The number of amides is 1. The molecule has 0 atom stereocenters. The molecule has 2 rings (SSSR count). The highest BCUT2D eigenvalue weighted by atomic mass is 32.2. The summed E-state index contributed by atoms with van der Waals surface area (Å²) in [6.07, 6.45) is -0.0815. The smallest absolute Gasteiger partial charge is 0.262 e. The Morgan fingerprint density at radius 2 is 1.64 bits per heavy atom. The van der Waals surface area contributed by atoms with E-state index in [1.54, 1.807) is 38.4 Å². The van der Waals surface area contributed by atoms with Crippen molar-refractivity contribution in [3.05, 3.63) is 54.1 Å². The maximum atomic E-state index is 12.6. The molecule has 2 aromatic rings. The van der Waals surface area contributed by atoms with Crippen LogP contribution >= 0.6 is 0 Å². The molecule has 0 saturated heterocycles. The SMILES string of the molecule is CC(C)Oc1ccccc1NS(=O)(=O)c1ccc(C(=O)N(C)C)cc1. The topological polar surface area (TPSA) is 75.7 Å². The van der Waals surface area contributed by atoms with Crippen molar-refractivity contribution in [2.75, 3.05) is 18.8 Å². The van der Waals surface area contributed by atoms with Gasteiger partial charge in [-0.3, -0.25) is 9.52 Å². The first kappa shape index (κ1) is 18.8. The van der Waals surface area contributed by atoms with Gasteiger partial charge in [0.15, 0.2) is 0 Å². The summed E-state index contributed by atoms with van der Waals surface area (Å²) in [6.45, 7) is 3.73. The van der Waals surface area contributed by atoms with Gasteiger partial charge in [-0.2, -0.15) is 0 Å². The molecule has 7 heteroatoms. The van der Waals surface area contributed by atoms with E-state index in [4.69, 9.17) is 4.74 Å². The Labute approximate surface area is 148 Å². The fourth-order valence-corrected chi connectivity index (χ4v) is 3.22.